The second kappa shape index (κ2) is 14.5. The molecular weight excluding hydrogens is 779 g/mol. The van der Waals surface area contributed by atoms with Gasteiger partial charge in [0.1, 0.15) is 5.58 Å². The summed E-state index contributed by atoms with van der Waals surface area (Å²) in [7, 11) is 0. The molecule has 8 aromatic rings. The fourth-order valence-corrected chi connectivity index (χ4v) is 5.64. The second-order valence-corrected chi connectivity index (χ2v) is 12.0. The fourth-order valence-electron chi connectivity index (χ4n) is 5.64. The van der Waals surface area contributed by atoms with E-state index in [9.17, 15) is 0 Å². The van der Waals surface area contributed by atoms with E-state index in [0.717, 1.165) is 33.4 Å². The summed E-state index contributed by atoms with van der Waals surface area (Å²) in [6.45, 7) is -0.0697. The van der Waals surface area contributed by atoms with Crippen molar-refractivity contribution < 1.29 is 32.7 Å². The predicted molar refractivity (Wildman–Crippen MR) is 196 cm³/mol. The fraction of sp³-hybridized carbons (Fsp3) is 0.114. The number of hydrogen-bond donors (Lipinski definition) is 0. The Balaban J connectivity index is 0.000000254. The molecule has 1 radical (unpaired) electrons. The summed E-state index contributed by atoms with van der Waals surface area (Å²) < 4.78 is 52.2. The maximum Gasteiger partial charge on any atom is 0.139 e. The zero-order chi connectivity index (χ0) is 38.1. The molecule has 5 heteroatoms. The Hall–Kier alpha value is -5.22. The molecule has 4 heterocycles. The van der Waals surface area contributed by atoms with E-state index in [-0.39, 0.29) is 36.6 Å². The van der Waals surface area contributed by atoms with Gasteiger partial charge in [-0.05, 0) is 64.9 Å². The first-order chi connectivity index (χ1) is 25.8. The maximum absolute atomic E-state index is 8.16. The summed E-state index contributed by atoms with van der Waals surface area (Å²) in [5.41, 5.74) is 8.65. The first-order valence-electron chi connectivity index (χ1n) is 18.6. The average molecular weight is 820 g/mol. The summed E-state index contributed by atoms with van der Waals surface area (Å²) in [6.07, 6.45) is 3.03. The van der Waals surface area contributed by atoms with Crippen LogP contribution in [0.3, 0.4) is 0 Å². The molecule has 0 atom stereocenters. The topological polar surface area (TPSA) is 51.8 Å². The van der Waals surface area contributed by atoms with Crippen LogP contribution in [-0.4, -0.2) is 15.0 Å². The molecule has 0 spiro atoms. The van der Waals surface area contributed by atoms with E-state index in [1.165, 1.54) is 11.8 Å². The molecule has 0 amide bonds. The van der Waals surface area contributed by atoms with Gasteiger partial charge in [-0.3, -0.25) is 0 Å². The third-order valence-corrected chi connectivity index (χ3v) is 8.40. The molecule has 0 aliphatic heterocycles. The standard InChI is InChI=1S/C32H25N2O.C12H10N.Ir/c1-21-18-27(33-20-26(21)22-10-6-4-7-11-22)23-14-15-28-25(19-23)31-29(35-28)16-17-30(34-31)32(2,3)24-12-8-5-9-13-24;1-10-7-8-12(13-9-10)11-5-3-2-4-6-11;/h4-13,15-20H,1-3H3;2-5,7-9H,1H3;/q2*-1;/i2*1D3;. The quantitative estimate of drug-likeness (QED) is 0.162. The number of fused-ring (bicyclic) bond motifs is 3. The maximum atomic E-state index is 8.16. The molecule has 0 saturated heterocycles. The van der Waals surface area contributed by atoms with Crippen LogP contribution in [0.15, 0.2) is 144 Å². The molecule has 4 aromatic heterocycles. The second-order valence-electron chi connectivity index (χ2n) is 12.0. The average Bonchev–Trinajstić information content (AvgIpc) is 3.56. The van der Waals surface area contributed by atoms with Crippen LogP contribution in [0.1, 0.15) is 44.5 Å². The summed E-state index contributed by atoms with van der Waals surface area (Å²) in [5.74, 6) is 0. The van der Waals surface area contributed by atoms with E-state index in [0.29, 0.717) is 28.0 Å². The van der Waals surface area contributed by atoms with Crippen LogP contribution in [0.25, 0.3) is 55.7 Å². The van der Waals surface area contributed by atoms with E-state index in [4.69, 9.17) is 17.6 Å². The van der Waals surface area contributed by atoms with Gasteiger partial charge in [-0.1, -0.05) is 92.7 Å². The minimum Gasteiger partial charge on any atom is -0.499 e. The van der Waals surface area contributed by atoms with Gasteiger partial charge in [0.05, 0.1) is 16.8 Å². The van der Waals surface area contributed by atoms with Gasteiger partial charge in [-0.25, -0.2) is 4.98 Å². The normalized spacial score (nSPS) is 13.4. The van der Waals surface area contributed by atoms with Gasteiger partial charge >= 0.3 is 0 Å². The minimum atomic E-state index is -2.30. The van der Waals surface area contributed by atoms with E-state index < -0.39 is 13.7 Å². The number of hydrogen-bond acceptors (Lipinski definition) is 4. The predicted octanol–water partition coefficient (Wildman–Crippen LogP) is 11.0. The van der Waals surface area contributed by atoms with Gasteiger partial charge in [0.2, 0.25) is 0 Å². The number of pyridine rings is 3. The van der Waals surface area contributed by atoms with Crippen LogP contribution < -0.4 is 0 Å². The number of aromatic nitrogens is 3. The Morgan fingerprint density at radius 2 is 1.47 bits per heavy atom. The Bertz CT molecular complexity index is 2540. The van der Waals surface area contributed by atoms with Crippen LogP contribution in [0.4, 0.5) is 0 Å². The van der Waals surface area contributed by atoms with Crippen molar-refractivity contribution in [2.75, 3.05) is 0 Å². The number of aryl methyl sites for hydroxylation is 2. The SMILES string of the molecule is [2H]C([2H])([2H])c1cc(-c2[c-]cc3oc4ccc(C(C)(C)c5ccccc5)nc4c3c2)ncc1-c1ccccc1.[2H]C([2H])([2H])c1ccc(-c2[c-]cccc2)nc1.[Ir]. The summed E-state index contributed by atoms with van der Waals surface area (Å²) in [5, 5.41) is 0.837. The van der Waals surface area contributed by atoms with Crippen molar-refractivity contribution in [2.24, 2.45) is 0 Å². The Morgan fingerprint density at radius 1 is 0.694 bits per heavy atom. The molecule has 0 aliphatic carbocycles. The van der Waals surface area contributed by atoms with E-state index in [2.05, 4.69) is 48.1 Å². The molecule has 0 saturated carbocycles. The molecule has 0 aliphatic rings. The van der Waals surface area contributed by atoms with Gasteiger partial charge in [0.25, 0.3) is 0 Å². The molecule has 49 heavy (non-hydrogen) atoms. The molecule has 0 fully saturated rings. The van der Waals surface area contributed by atoms with Crippen LogP contribution >= 0.6 is 0 Å². The third-order valence-electron chi connectivity index (χ3n) is 8.40. The van der Waals surface area contributed by atoms with Gasteiger partial charge in [-0.2, -0.15) is 0 Å². The number of nitrogens with zero attached hydrogens (tertiary/aromatic N) is 3. The van der Waals surface area contributed by atoms with E-state index >= 15 is 0 Å². The first kappa shape index (κ1) is 26.7. The van der Waals surface area contributed by atoms with Crippen LogP contribution in [0, 0.1) is 25.8 Å². The Labute approximate surface area is 309 Å². The summed E-state index contributed by atoms with van der Waals surface area (Å²) >= 11 is 0. The summed E-state index contributed by atoms with van der Waals surface area (Å²) in [4.78, 5) is 13.8. The van der Waals surface area contributed by atoms with Crippen molar-refractivity contribution in [1.29, 1.82) is 0 Å². The van der Waals surface area contributed by atoms with Crippen molar-refractivity contribution >= 4 is 22.1 Å². The first-order valence-corrected chi connectivity index (χ1v) is 15.6. The molecule has 4 aromatic carbocycles. The van der Waals surface area contributed by atoms with Crippen molar-refractivity contribution in [3.63, 3.8) is 0 Å². The zero-order valence-electron chi connectivity index (χ0n) is 32.9. The molecule has 0 bridgehead atoms. The van der Waals surface area contributed by atoms with Gasteiger partial charge in [0, 0.05) is 51.7 Å². The van der Waals surface area contributed by atoms with Crippen LogP contribution in [-0.2, 0) is 25.5 Å². The third kappa shape index (κ3) is 7.15. The molecule has 8 rings (SSSR count). The number of rotatable bonds is 5. The number of benzene rings is 4. The monoisotopic (exact) mass is 820 g/mol. The van der Waals surface area contributed by atoms with Gasteiger partial charge in [-0.15, -0.1) is 59.7 Å². The Morgan fingerprint density at radius 3 is 2.18 bits per heavy atom. The molecule has 4 nitrogen and oxygen atoms in total. The molecular formula is C44H35IrN3O-2. The smallest absolute Gasteiger partial charge is 0.139 e. The zero-order valence-corrected chi connectivity index (χ0v) is 29.3. The van der Waals surface area contributed by atoms with Crippen molar-refractivity contribution in [3.8, 4) is 33.6 Å². The molecule has 0 unspecified atom stereocenters. The minimum absolute atomic E-state index is 0. The van der Waals surface area contributed by atoms with Gasteiger partial charge < -0.3 is 14.4 Å². The summed E-state index contributed by atoms with van der Waals surface area (Å²) in [6, 6.07) is 46.1. The van der Waals surface area contributed by atoms with Crippen LogP contribution in [0.5, 0.6) is 0 Å². The van der Waals surface area contributed by atoms with Gasteiger partial charge in [0.15, 0.2) is 0 Å². The van der Waals surface area contributed by atoms with Crippen molar-refractivity contribution in [2.45, 2.75) is 33.0 Å². The van der Waals surface area contributed by atoms with Crippen molar-refractivity contribution in [3.05, 3.63) is 174 Å². The van der Waals surface area contributed by atoms with Crippen molar-refractivity contribution in [1.82, 2.24) is 15.0 Å². The molecule has 243 valence electrons. The Kier molecular flexibility index (Phi) is 7.90. The van der Waals surface area contributed by atoms with Crippen LogP contribution in [0.2, 0.25) is 0 Å². The molecule has 0 N–H and O–H groups in total. The van der Waals surface area contributed by atoms with E-state index in [1.54, 1.807) is 36.5 Å². The van der Waals surface area contributed by atoms with E-state index in [1.807, 2.05) is 84.9 Å². The largest absolute Gasteiger partial charge is 0.499 e. The number of furan rings is 1.